The van der Waals surface area contributed by atoms with Crippen LogP contribution in [0.1, 0.15) is 19.0 Å². The SMILES string of the molecule is C=CCn1c(=O)nc(N[C@@H](C)CCO)c2[nH]c(-c3cc(C)n(C)n3)nc21. The van der Waals surface area contributed by atoms with E-state index in [-0.39, 0.29) is 12.6 Å². The lowest BCUT2D eigenvalue weighted by Gasteiger charge is -2.14. The van der Waals surface area contributed by atoms with Crippen molar-refractivity contribution in [2.24, 2.45) is 7.05 Å². The quantitative estimate of drug-likeness (QED) is 0.548. The van der Waals surface area contributed by atoms with Gasteiger partial charge in [0, 0.05) is 31.9 Å². The lowest BCUT2D eigenvalue weighted by atomic mass is 10.2. The maximum absolute atomic E-state index is 12.4. The Morgan fingerprint density at radius 2 is 2.23 bits per heavy atom. The Morgan fingerprint density at radius 3 is 2.85 bits per heavy atom. The van der Waals surface area contributed by atoms with Gasteiger partial charge in [-0.2, -0.15) is 10.1 Å². The molecule has 3 aromatic heterocycles. The van der Waals surface area contributed by atoms with Gasteiger partial charge in [0.15, 0.2) is 17.3 Å². The number of allylic oxidation sites excluding steroid dienone is 1. The number of hydrogen-bond donors (Lipinski definition) is 3. The number of imidazole rings is 1. The zero-order chi connectivity index (χ0) is 18.8. The van der Waals surface area contributed by atoms with E-state index in [9.17, 15) is 4.79 Å². The normalized spacial score (nSPS) is 12.5. The summed E-state index contributed by atoms with van der Waals surface area (Å²) in [5.41, 5.74) is 2.38. The molecule has 0 fully saturated rings. The van der Waals surface area contributed by atoms with Crippen molar-refractivity contribution in [3.63, 3.8) is 0 Å². The Labute approximate surface area is 150 Å². The molecule has 1 atom stereocenters. The van der Waals surface area contributed by atoms with Gasteiger partial charge in [0.25, 0.3) is 0 Å². The molecule has 26 heavy (non-hydrogen) atoms. The van der Waals surface area contributed by atoms with Crippen LogP contribution >= 0.6 is 0 Å². The average Bonchev–Trinajstić information content (AvgIpc) is 3.16. The predicted octanol–water partition coefficient (Wildman–Crippen LogP) is 1.20. The van der Waals surface area contributed by atoms with Crippen molar-refractivity contribution < 1.29 is 5.11 Å². The number of aryl methyl sites for hydroxylation is 2. The van der Waals surface area contributed by atoms with Crippen LogP contribution in [0.15, 0.2) is 23.5 Å². The molecule has 0 radical (unpaired) electrons. The molecule has 0 aliphatic rings. The largest absolute Gasteiger partial charge is 0.396 e. The molecule has 0 bridgehead atoms. The average molecular weight is 357 g/mol. The van der Waals surface area contributed by atoms with Crippen molar-refractivity contribution in [2.45, 2.75) is 32.9 Å². The smallest absolute Gasteiger partial charge is 0.351 e. The van der Waals surface area contributed by atoms with Crippen LogP contribution in [0.5, 0.6) is 0 Å². The van der Waals surface area contributed by atoms with E-state index in [0.29, 0.717) is 41.5 Å². The van der Waals surface area contributed by atoms with E-state index in [1.54, 1.807) is 10.8 Å². The fourth-order valence-corrected chi connectivity index (χ4v) is 2.72. The van der Waals surface area contributed by atoms with Crippen molar-refractivity contribution in [2.75, 3.05) is 11.9 Å². The van der Waals surface area contributed by atoms with E-state index in [2.05, 4.69) is 31.9 Å². The number of rotatable bonds is 7. The molecule has 0 aromatic carbocycles. The zero-order valence-corrected chi connectivity index (χ0v) is 15.2. The molecular weight excluding hydrogens is 334 g/mol. The fourth-order valence-electron chi connectivity index (χ4n) is 2.72. The summed E-state index contributed by atoms with van der Waals surface area (Å²) in [6, 6.07) is 1.87. The summed E-state index contributed by atoms with van der Waals surface area (Å²) < 4.78 is 3.22. The van der Waals surface area contributed by atoms with E-state index in [4.69, 9.17) is 5.11 Å². The molecule has 3 rings (SSSR count). The second kappa shape index (κ2) is 7.12. The number of nitrogens with zero attached hydrogens (tertiary/aromatic N) is 5. The van der Waals surface area contributed by atoms with Crippen LogP contribution in [0.3, 0.4) is 0 Å². The highest BCUT2D eigenvalue weighted by Gasteiger charge is 2.18. The van der Waals surface area contributed by atoms with Crippen molar-refractivity contribution >= 4 is 17.0 Å². The number of nitrogens with one attached hydrogen (secondary N) is 2. The molecule has 0 aliphatic carbocycles. The van der Waals surface area contributed by atoms with Crippen LogP contribution in [-0.4, -0.2) is 47.1 Å². The highest BCUT2D eigenvalue weighted by molar-refractivity contribution is 5.85. The zero-order valence-electron chi connectivity index (χ0n) is 15.2. The summed E-state index contributed by atoms with van der Waals surface area (Å²) in [5.74, 6) is 0.976. The van der Waals surface area contributed by atoms with Gasteiger partial charge < -0.3 is 15.4 Å². The Bertz CT molecular complexity index is 979. The van der Waals surface area contributed by atoms with Crippen LogP contribution in [0, 0.1) is 6.92 Å². The maximum atomic E-state index is 12.4. The first-order valence-corrected chi connectivity index (χ1v) is 8.44. The molecule has 9 heteroatoms. The number of aromatic amines is 1. The van der Waals surface area contributed by atoms with Gasteiger partial charge in [-0.25, -0.2) is 9.78 Å². The molecule has 0 unspecified atom stereocenters. The van der Waals surface area contributed by atoms with E-state index >= 15 is 0 Å². The summed E-state index contributed by atoms with van der Waals surface area (Å²) in [6.45, 7) is 7.92. The number of fused-ring (bicyclic) bond motifs is 1. The van der Waals surface area contributed by atoms with Gasteiger partial charge >= 0.3 is 5.69 Å². The number of H-pyrrole nitrogens is 1. The number of aromatic nitrogens is 6. The topological polar surface area (TPSA) is 114 Å². The molecule has 138 valence electrons. The first kappa shape index (κ1) is 17.9. The summed E-state index contributed by atoms with van der Waals surface area (Å²) in [5, 5.41) is 16.7. The molecule has 0 saturated heterocycles. The summed E-state index contributed by atoms with van der Waals surface area (Å²) >= 11 is 0. The summed E-state index contributed by atoms with van der Waals surface area (Å²) in [6.07, 6.45) is 2.17. The van der Waals surface area contributed by atoms with Crippen molar-refractivity contribution in [3.05, 3.63) is 34.9 Å². The van der Waals surface area contributed by atoms with Crippen molar-refractivity contribution in [1.82, 2.24) is 29.3 Å². The second-order valence-corrected chi connectivity index (χ2v) is 6.28. The molecule has 0 saturated carbocycles. The standard InChI is InChI=1S/C17H23N7O2/c1-5-7-24-16-13(15(21-17(24)26)18-10(2)6-8-25)19-14(20-16)12-9-11(3)23(4)22-12/h5,9-10,25H,1,6-8H2,2-4H3,(H,19,20)(H,18,21,26)/t10-/m0/s1. The van der Waals surface area contributed by atoms with E-state index in [1.807, 2.05) is 27.0 Å². The minimum Gasteiger partial charge on any atom is -0.396 e. The summed E-state index contributed by atoms with van der Waals surface area (Å²) in [4.78, 5) is 24.4. The number of hydrogen-bond acceptors (Lipinski definition) is 6. The Kier molecular flexibility index (Phi) is 4.90. The third-order valence-electron chi connectivity index (χ3n) is 4.23. The Hall–Kier alpha value is -2.94. The molecular formula is C17H23N7O2. The number of aliphatic hydroxyl groups excluding tert-OH is 1. The Morgan fingerprint density at radius 1 is 1.46 bits per heavy atom. The third-order valence-corrected chi connectivity index (χ3v) is 4.23. The van der Waals surface area contributed by atoms with Gasteiger partial charge in [0.2, 0.25) is 0 Å². The fraction of sp³-hybridized carbons (Fsp3) is 0.412. The lowest BCUT2D eigenvalue weighted by Crippen LogP contribution is -2.26. The predicted molar refractivity (Wildman–Crippen MR) is 100 cm³/mol. The molecule has 3 heterocycles. The van der Waals surface area contributed by atoms with Gasteiger partial charge in [-0.15, -0.1) is 6.58 Å². The van der Waals surface area contributed by atoms with Gasteiger partial charge in [-0.3, -0.25) is 9.25 Å². The molecule has 9 nitrogen and oxygen atoms in total. The monoisotopic (exact) mass is 357 g/mol. The van der Waals surface area contributed by atoms with Crippen molar-refractivity contribution in [1.29, 1.82) is 0 Å². The van der Waals surface area contributed by atoms with E-state index in [0.717, 1.165) is 5.69 Å². The summed E-state index contributed by atoms with van der Waals surface area (Å²) in [7, 11) is 1.86. The molecule has 3 N–H and O–H groups in total. The van der Waals surface area contributed by atoms with Crippen LogP contribution in [0.25, 0.3) is 22.7 Å². The minimum atomic E-state index is -0.411. The van der Waals surface area contributed by atoms with Crippen LogP contribution < -0.4 is 11.0 Å². The van der Waals surface area contributed by atoms with E-state index < -0.39 is 5.69 Å². The van der Waals surface area contributed by atoms with Gasteiger partial charge in [0.05, 0.1) is 0 Å². The van der Waals surface area contributed by atoms with Crippen LogP contribution in [0.4, 0.5) is 5.82 Å². The molecule has 0 amide bonds. The van der Waals surface area contributed by atoms with Gasteiger partial charge in [-0.05, 0) is 26.3 Å². The number of anilines is 1. The molecule has 0 spiro atoms. The molecule has 3 aromatic rings. The second-order valence-electron chi connectivity index (χ2n) is 6.28. The van der Waals surface area contributed by atoms with Gasteiger partial charge in [0.1, 0.15) is 11.2 Å². The third kappa shape index (κ3) is 3.25. The van der Waals surface area contributed by atoms with Gasteiger partial charge in [-0.1, -0.05) is 6.08 Å². The highest BCUT2D eigenvalue weighted by Crippen LogP contribution is 2.23. The number of aliphatic hydroxyl groups is 1. The minimum absolute atomic E-state index is 0.0470. The first-order chi connectivity index (χ1) is 12.4. The lowest BCUT2D eigenvalue weighted by molar-refractivity contribution is 0.282. The molecule has 0 aliphatic heterocycles. The maximum Gasteiger partial charge on any atom is 0.351 e. The first-order valence-electron chi connectivity index (χ1n) is 8.44. The Balaban J connectivity index is 2.17. The van der Waals surface area contributed by atoms with Crippen molar-refractivity contribution in [3.8, 4) is 11.5 Å². The highest BCUT2D eigenvalue weighted by atomic mass is 16.3. The van der Waals surface area contributed by atoms with Crippen LogP contribution in [-0.2, 0) is 13.6 Å². The van der Waals surface area contributed by atoms with Crippen LogP contribution in [0.2, 0.25) is 0 Å². The van der Waals surface area contributed by atoms with E-state index in [1.165, 1.54) is 4.57 Å².